The van der Waals surface area contributed by atoms with Crippen molar-refractivity contribution in [2.75, 3.05) is 0 Å². The molecule has 0 heterocycles. The van der Waals surface area contributed by atoms with Crippen LogP contribution in [-0.4, -0.2) is 0 Å². The van der Waals surface area contributed by atoms with Gasteiger partial charge in [-0.25, -0.2) is 0 Å². The van der Waals surface area contributed by atoms with Gasteiger partial charge in [0.25, 0.3) is 0 Å². The summed E-state index contributed by atoms with van der Waals surface area (Å²) in [5, 5.41) is 0. The van der Waals surface area contributed by atoms with Gasteiger partial charge >= 0.3 is 0 Å². The first-order chi connectivity index (χ1) is 5.33. The lowest BCUT2D eigenvalue weighted by Crippen LogP contribution is -2.05. The Morgan fingerprint density at radius 3 is 2.09 bits per heavy atom. The van der Waals surface area contributed by atoms with Crippen molar-refractivity contribution in [2.45, 2.75) is 45.4 Å². The van der Waals surface area contributed by atoms with Gasteiger partial charge in [-0.3, -0.25) is 0 Å². The fourth-order valence-electron chi connectivity index (χ4n) is 1.98. The van der Waals surface area contributed by atoms with Gasteiger partial charge in [0.2, 0.25) is 0 Å². The molecule has 0 bridgehead atoms. The van der Waals surface area contributed by atoms with Gasteiger partial charge in [0.15, 0.2) is 0 Å². The molecule has 0 atom stereocenters. The predicted molar refractivity (Wildman–Crippen MR) is 50.6 cm³/mol. The molecule has 1 saturated carbocycles. The van der Waals surface area contributed by atoms with Crippen LogP contribution in [0.15, 0.2) is 12.7 Å². The van der Waals surface area contributed by atoms with Gasteiger partial charge < -0.3 is 0 Å². The molecule has 0 spiro atoms. The molecule has 1 aliphatic rings. The molecule has 0 amide bonds. The molecule has 0 N–H and O–H groups in total. The molecule has 11 heavy (non-hydrogen) atoms. The van der Waals surface area contributed by atoms with Crippen molar-refractivity contribution in [3.05, 3.63) is 12.7 Å². The molecule has 1 fully saturated rings. The molecular weight excluding hydrogens is 132 g/mol. The third kappa shape index (κ3) is 3.09. The minimum absolute atomic E-state index is 0.822. The molecule has 0 aromatic rings. The second-order valence-electron chi connectivity index (χ2n) is 3.96. The first kappa shape index (κ1) is 8.83. The van der Waals surface area contributed by atoms with E-state index in [1.807, 2.05) is 0 Å². The van der Waals surface area contributed by atoms with Gasteiger partial charge in [0, 0.05) is 0 Å². The number of hydrogen-bond acceptors (Lipinski definition) is 0. The summed E-state index contributed by atoms with van der Waals surface area (Å²) in [5.41, 5.74) is 0. The molecule has 0 heteroatoms. The molecule has 0 unspecified atom stereocenters. The number of allylic oxidation sites excluding steroid dienone is 1. The van der Waals surface area contributed by atoms with Gasteiger partial charge in [0.05, 0.1) is 0 Å². The average molecular weight is 152 g/mol. The topological polar surface area (TPSA) is 0 Å². The Morgan fingerprint density at radius 2 is 1.64 bits per heavy atom. The summed E-state index contributed by atoms with van der Waals surface area (Å²) in [6.07, 6.45) is 10.6. The third-order valence-electron chi connectivity index (χ3n) is 2.88. The van der Waals surface area contributed by atoms with Gasteiger partial charge in [-0.15, -0.1) is 6.58 Å². The van der Waals surface area contributed by atoms with E-state index in [1.54, 1.807) is 0 Å². The second-order valence-corrected chi connectivity index (χ2v) is 3.96. The quantitative estimate of drug-likeness (QED) is 0.502. The summed E-state index contributed by atoms with van der Waals surface area (Å²) in [6.45, 7) is 6.26. The van der Waals surface area contributed by atoms with Crippen LogP contribution in [0.2, 0.25) is 0 Å². The smallest absolute Gasteiger partial charge is 0.0236 e. The number of rotatable bonds is 1. The van der Waals surface area contributed by atoms with Crippen LogP contribution in [-0.2, 0) is 0 Å². The molecule has 0 aliphatic heterocycles. The van der Waals surface area contributed by atoms with Gasteiger partial charge in [-0.2, -0.15) is 0 Å². The van der Waals surface area contributed by atoms with Crippen molar-refractivity contribution in [1.29, 1.82) is 0 Å². The Morgan fingerprint density at radius 1 is 1.09 bits per heavy atom. The van der Waals surface area contributed by atoms with Crippen molar-refractivity contribution < 1.29 is 0 Å². The maximum absolute atomic E-state index is 3.88. The molecule has 0 aromatic heterocycles. The summed E-state index contributed by atoms with van der Waals surface area (Å²) in [5.74, 6) is 1.79. The van der Waals surface area contributed by atoms with Crippen molar-refractivity contribution in [3.63, 3.8) is 0 Å². The highest BCUT2D eigenvalue weighted by atomic mass is 14.2. The van der Waals surface area contributed by atoms with E-state index >= 15 is 0 Å². The van der Waals surface area contributed by atoms with Crippen LogP contribution in [0.5, 0.6) is 0 Å². The SMILES string of the molecule is C=C[C@H]1CCC[C@@H](C)CCC1. The van der Waals surface area contributed by atoms with Crippen LogP contribution in [0.3, 0.4) is 0 Å². The van der Waals surface area contributed by atoms with Crippen molar-refractivity contribution in [2.24, 2.45) is 11.8 Å². The summed E-state index contributed by atoms with van der Waals surface area (Å²) in [7, 11) is 0. The summed E-state index contributed by atoms with van der Waals surface area (Å²) in [6, 6.07) is 0. The van der Waals surface area contributed by atoms with Crippen LogP contribution in [0.4, 0.5) is 0 Å². The van der Waals surface area contributed by atoms with E-state index in [0.717, 1.165) is 11.8 Å². The maximum atomic E-state index is 3.88. The van der Waals surface area contributed by atoms with Crippen molar-refractivity contribution in [3.8, 4) is 0 Å². The van der Waals surface area contributed by atoms with Crippen molar-refractivity contribution >= 4 is 0 Å². The Balaban J connectivity index is 2.28. The fraction of sp³-hybridized carbons (Fsp3) is 0.818. The molecular formula is C11H20. The molecule has 0 aromatic carbocycles. The zero-order valence-electron chi connectivity index (χ0n) is 7.68. The van der Waals surface area contributed by atoms with E-state index in [4.69, 9.17) is 0 Å². The van der Waals surface area contributed by atoms with Gasteiger partial charge in [0.1, 0.15) is 0 Å². The Kier molecular flexibility index (Phi) is 3.68. The minimum atomic E-state index is 0.822. The molecule has 1 rings (SSSR count). The Hall–Kier alpha value is -0.260. The predicted octanol–water partition coefficient (Wildman–Crippen LogP) is 3.78. The molecule has 0 saturated heterocycles. The second kappa shape index (κ2) is 4.58. The zero-order chi connectivity index (χ0) is 8.10. The Bertz CT molecular complexity index is 105. The molecule has 64 valence electrons. The molecule has 0 radical (unpaired) electrons. The van der Waals surface area contributed by atoms with Crippen LogP contribution in [0, 0.1) is 11.8 Å². The zero-order valence-corrected chi connectivity index (χ0v) is 7.68. The highest BCUT2D eigenvalue weighted by Gasteiger charge is 2.10. The van der Waals surface area contributed by atoms with Crippen LogP contribution in [0.1, 0.15) is 45.4 Å². The standard InChI is InChI=1S/C11H20/c1-3-11-8-4-6-10(2)7-5-9-11/h3,10-11H,1,4-9H2,2H3/t10-,11+. The van der Waals surface area contributed by atoms with E-state index < -0.39 is 0 Å². The highest BCUT2D eigenvalue weighted by Crippen LogP contribution is 2.25. The minimum Gasteiger partial charge on any atom is -0.103 e. The van der Waals surface area contributed by atoms with Crippen LogP contribution < -0.4 is 0 Å². The lowest BCUT2D eigenvalue weighted by Gasteiger charge is -2.19. The summed E-state index contributed by atoms with van der Waals surface area (Å²) < 4.78 is 0. The Labute approximate surface area is 70.7 Å². The van der Waals surface area contributed by atoms with Gasteiger partial charge in [-0.05, 0) is 24.7 Å². The maximum Gasteiger partial charge on any atom is -0.0236 e. The third-order valence-corrected chi connectivity index (χ3v) is 2.88. The summed E-state index contributed by atoms with van der Waals surface area (Å²) in [4.78, 5) is 0. The monoisotopic (exact) mass is 152 g/mol. The van der Waals surface area contributed by atoms with E-state index in [9.17, 15) is 0 Å². The average Bonchev–Trinajstić information content (AvgIpc) is 1.96. The highest BCUT2D eigenvalue weighted by molar-refractivity contribution is 4.80. The van der Waals surface area contributed by atoms with E-state index in [-0.39, 0.29) is 0 Å². The van der Waals surface area contributed by atoms with Crippen LogP contribution >= 0.6 is 0 Å². The first-order valence-corrected chi connectivity index (χ1v) is 4.95. The largest absolute Gasteiger partial charge is 0.103 e. The molecule has 1 aliphatic carbocycles. The molecule has 0 nitrogen and oxygen atoms in total. The van der Waals surface area contributed by atoms with E-state index in [2.05, 4.69) is 19.6 Å². The van der Waals surface area contributed by atoms with E-state index in [0.29, 0.717) is 0 Å². The lowest BCUT2D eigenvalue weighted by atomic mass is 9.87. The lowest BCUT2D eigenvalue weighted by molar-refractivity contribution is 0.365. The number of hydrogen-bond donors (Lipinski definition) is 0. The fourth-order valence-corrected chi connectivity index (χ4v) is 1.98. The first-order valence-electron chi connectivity index (χ1n) is 4.95. The van der Waals surface area contributed by atoms with E-state index in [1.165, 1.54) is 38.5 Å². The van der Waals surface area contributed by atoms with Crippen molar-refractivity contribution in [1.82, 2.24) is 0 Å². The normalized spacial score (nSPS) is 33.9. The van der Waals surface area contributed by atoms with Crippen LogP contribution in [0.25, 0.3) is 0 Å². The summed E-state index contributed by atoms with van der Waals surface area (Å²) >= 11 is 0. The van der Waals surface area contributed by atoms with Gasteiger partial charge in [-0.1, -0.05) is 38.7 Å².